The van der Waals surface area contributed by atoms with Crippen molar-refractivity contribution in [1.82, 2.24) is 4.98 Å². The molecule has 1 fully saturated rings. The molecule has 16 heavy (non-hydrogen) atoms. The van der Waals surface area contributed by atoms with Crippen LogP contribution in [0.1, 0.15) is 25.8 Å². The molecule has 1 aromatic heterocycles. The molecular formula is C11H15N3O2. The van der Waals surface area contributed by atoms with Crippen LogP contribution < -0.4 is 5.32 Å². The maximum Gasteiger partial charge on any atom is 0.314 e. The first-order chi connectivity index (χ1) is 7.42. The lowest BCUT2D eigenvalue weighted by atomic mass is 10.2. The lowest BCUT2D eigenvalue weighted by Crippen LogP contribution is -2.11. The molecule has 1 N–H and O–H groups in total. The van der Waals surface area contributed by atoms with Gasteiger partial charge in [-0.05, 0) is 24.8 Å². The topological polar surface area (TPSA) is 68.1 Å². The van der Waals surface area contributed by atoms with Crippen molar-refractivity contribution in [3.8, 4) is 0 Å². The van der Waals surface area contributed by atoms with Gasteiger partial charge < -0.3 is 5.32 Å². The highest BCUT2D eigenvalue weighted by atomic mass is 16.6. The van der Waals surface area contributed by atoms with Crippen LogP contribution in [-0.4, -0.2) is 15.9 Å². The molecule has 1 aliphatic rings. The Hall–Kier alpha value is -1.65. The lowest BCUT2D eigenvalue weighted by molar-refractivity contribution is -0.384. The molecule has 2 rings (SSSR count). The molecular weight excluding hydrogens is 206 g/mol. The van der Waals surface area contributed by atoms with Crippen LogP contribution in [0.2, 0.25) is 0 Å². The smallest absolute Gasteiger partial charge is 0.314 e. The van der Waals surface area contributed by atoms with Gasteiger partial charge in [0.1, 0.15) is 0 Å². The number of hydrogen-bond donors (Lipinski definition) is 1. The molecule has 0 saturated heterocycles. The molecule has 0 spiro atoms. The van der Waals surface area contributed by atoms with Gasteiger partial charge >= 0.3 is 5.69 Å². The van der Waals surface area contributed by atoms with Crippen LogP contribution in [0.4, 0.5) is 11.5 Å². The summed E-state index contributed by atoms with van der Waals surface area (Å²) in [7, 11) is 0. The lowest BCUT2D eigenvalue weighted by Gasteiger charge is -2.08. The minimum absolute atomic E-state index is 0.0881. The van der Waals surface area contributed by atoms with Gasteiger partial charge in [0, 0.05) is 17.8 Å². The van der Waals surface area contributed by atoms with Crippen LogP contribution in [0.15, 0.2) is 12.3 Å². The number of rotatable bonds is 3. The molecule has 1 aliphatic carbocycles. The highest BCUT2D eigenvalue weighted by Gasteiger charge is 2.46. The Kier molecular flexibility index (Phi) is 2.33. The molecule has 0 radical (unpaired) electrons. The zero-order valence-corrected chi connectivity index (χ0v) is 9.65. The van der Waals surface area contributed by atoms with E-state index in [1.165, 1.54) is 0 Å². The van der Waals surface area contributed by atoms with Crippen LogP contribution in [0.5, 0.6) is 0 Å². The molecule has 1 atom stereocenters. The number of hydrogen-bond acceptors (Lipinski definition) is 4. The molecule has 0 aliphatic heterocycles. The third-order valence-electron chi connectivity index (χ3n) is 3.13. The summed E-state index contributed by atoms with van der Waals surface area (Å²) in [5, 5.41) is 14.1. The summed E-state index contributed by atoms with van der Waals surface area (Å²) in [4.78, 5) is 14.6. The van der Waals surface area contributed by atoms with Gasteiger partial charge in [-0.15, -0.1) is 0 Å². The van der Waals surface area contributed by atoms with Gasteiger partial charge in [0.2, 0.25) is 5.82 Å². The Bertz CT molecular complexity index is 443. The van der Waals surface area contributed by atoms with Gasteiger partial charge in [-0.1, -0.05) is 13.8 Å². The van der Waals surface area contributed by atoms with Gasteiger partial charge in [-0.2, -0.15) is 0 Å². The predicted molar refractivity (Wildman–Crippen MR) is 61.4 cm³/mol. The summed E-state index contributed by atoms with van der Waals surface area (Å²) in [6.45, 7) is 5.99. The summed E-state index contributed by atoms with van der Waals surface area (Å²) in [5.74, 6) is 0.389. The Labute approximate surface area is 94.0 Å². The summed E-state index contributed by atoms with van der Waals surface area (Å²) < 4.78 is 0. The normalized spacial score (nSPS) is 21.6. The van der Waals surface area contributed by atoms with E-state index in [9.17, 15) is 10.1 Å². The van der Waals surface area contributed by atoms with Crippen molar-refractivity contribution in [2.75, 3.05) is 5.32 Å². The standard InChI is InChI=1S/C11H15N3O2/c1-7-4-5-12-10(9(7)14(15)16)13-8-6-11(8,2)3/h4-5,8H,6H2,1-3H3,(H,12,13). The Morgan fingerprint density at radius 2 is 2.25 bits per heavy atom. The number of nitro groups is 1. The first-order valence-corrected chi connectivity index (χ1v) is 5.28. The number of nitrogens with one attached hydrogen (secondary N) is 1. The number of aryl methyl sites for hydroxylation is 1. The summed E-state index contributed by atoms with van der Waals surface area (Å²) in [5.41, 5.74) is 0.949. The van der Waals surface area contributed by atoms with Crippen LogP contribution in [0.25, 0.3) is 0 Å². The zero-order chi connectivity index (χ0) is 11.9. The fourth-order valence-corrected chi connectivity index (χ4v) is 1.77. The van der Waals surface area contributed by atoms with E-state index in [2.05, 4.69) is 24.1 Å². The van der Waals surface area contributed by atoms with Crippen LogP contribution in [-0.2, 0) is 0 Å². The monoisotopic (exact) mass is 221 g/mol. The average Bonchev–Trinajstić information content (AvgIpc) is 2.72. The molecule has 1 unspecified atom stereocenters. The third-order valence-corrected chi connectivity index (χ3v) is 3.13. The fraction of sp³-hybridized carbons (Fsp3) is 0.545. The highest BCUT2D eigenvalue weighted by molar-refractivity contribution is 5.61. The van der Waals surface area contributed by atoms with Gasteiger partial charge in [-0.25, -0.2) is 4.98 Å². The van der Waals surface area contributed by atoms with E-state index in [1.54, 1.807) is 19.2 Å². The van der Waals surface area contributed by atoms with Crippen molar-refractivity contribution >= 4 is 11.5 Å². The first kappa shape index (κ1) is 10.9. The average molecular weight is 221 g/mol. The minimum Gasteiger partial charge on any atom is -0.361 e. The van der Waals surface area contributed by atoms with Crippen molar-refractivity contribution in [2.24, 2.45) is 5.41 Å². The predicted octanol–water partition coefficient (Wildman–Crippen LogP) is 2.51. The Balaban J connectivity index is 2.27. The second kappa shape index (κ2) is 3.43. The maximum atomic E-state index is 10.9. The molecule has 1 saturated carbocycles. The number of nitrogens with zero attached hydrogens (tertiary/aromatic N) is 2. The van der Waals surface area contributed by atoms with Gasteiger partial charge in [0.25, 0.3) is 0 Å². The van der Waals surface area contributed by atoms with E-state index in [0.717, 1.165) is 6.42 Å². The molecule has 0 amide bonds. The van der Waals surface area contributed by atoms with Gasteiger partial charge in [0.05, 0.1) is 4.92 Å². The first-order valence-electron chi connectivity index (χ1n) is 5.28. The van der Waals surface area contributed by atoms with Crippen LogP contribution >= 0.6 is 0 Å². The molecule has 1 heterocycles. The van der Waals surface area contributed by atoms with Crippen molar-refractivity contribution < 1.29 is 4.92 Å². The van der Waals surface area contributed by atoms with Gasteiger partial charge in [0.15, 0.2) is 0 Å². The Morgan fingerprint density at radius 3 is 2.75 bits per heavy atom. The number of pyridine rings is 1. The van der Waals surface area contributed by atoms with Crippen molar-refractivity contribution in [3.05, 3.63) is 27.9 Å². The summed E-state index contributed by atoms with van der Waals surface area (Å²) in [6, 6.07) is 1.95. The van der Waals surface area contributed by atoms with Crippen molar-refractivity contribution in [2.45, 2.75) is 33.2 Å². The molecule has 5 heteroatoms. The minimum atomic E-state index is -0.375. The molecule has 0 bridgehead atoms. The second-order valence-corrected chi connectivity index (χ2v) is 4.97. The SMILES string of the molecule is Cc1ccnc(NC2CC2(C)C)c1[N+](=O)[O-]. The van der Waals surface area contributed by atoms with E-state index in [-0.39, 0.29) is 16.0 Å². The fourth-order valence-electron chi connectivity index (χ4n) is 1.77. The summed E-state index contributed by atoms with van der Waals surface area (Å²) in [6.07, 6.45) is 2.62. The van der Waals surface area contributed by atoms with Crippen molar-refractivity contribution in [3.63, 3.8) is 0 Å². The van der Waals surface area contributed by atoms with E-state index < -0.39 is 0 Å². The van der Waals surface area contributed by atoms with E-state index >= 15 is 0 Å². The number of aromatic nitrogens is 1. The highest BCUT2D eigenvalue weighted by Crippen LogP contribution is 2.47. The van der Waals surface area contributed by atoms with Crippen molar-refractivity contribution in [1.29, 1.82) is 0 Å². The quantitative estimate of drug-likeness (QED) is 0.629. The molecule has 0 aromatic carbocycles. The van der Waals surface area contributed by atoms with E-state index in [1.807, 2.05) is 0 Å². The van der Waals surface area contributed by atoms with Crippen LogP contribution in [0.3, 0.4) is 0 Å². The number of anilines is 1. The molecule has 1 aromatic rings. The van der Waals surface area contributed by atoms with E-state index in [0.29, 0.717) is 17.4 Å². The zero-order valence-electron chi connectivity index (χ0n) is 9.65. The second-order valence-electron chi connectivity index (χ2n) is 4.97. The molecule has 86 valence electrons. The largest absolute Gasteiger partial charge is 0.361 e. The maximum absolute atomic E-state index is 10.9. The third kappa shape index (κ3) is 1.85. The van der Waals surface area contributed by atoms with Gasteiger partial charge in [-0.3, -0.25) is 10.1 Å². The van der Waals surface area contributed by atoms with Crippen LogP contribution in [0, 0.1) is 22.5 Å². The van der Waals surface area contributed by atoms with E-state index in [4.69, 9.17) is 0 Å². The Morgan fingerprint density at radius 1 is 1.62 bits per heavy atom. The summed E-state index contributed by atoms with van der Waals surface area (Å²) >= 11 is 0. The molecule has 5 nitrogen and oxygen atoms in total.